The smallest absolute Gasteiger partial charge is 0.268 e. The second-order valence-corrected chi connectivity index (χ2v) is 8.35. The molecule has 8 nitrogen and oxygen atoms in total. The quantitative estimate of drug-likeness (QED) is 0.671. The lowest BCUT2D eigenvalue weighted by molar-refractivity contribution is -0.131. The Kier molecular flexibility index (Phi) is 6.65. The van der Waals surface area contributed by atoms with Gasteiger partial charge < -0.3 is 20.3 Å². The minimum absolute atomic E-state index is 0.249. The van der Waals surface area contributed by atoms with Gasteiger partial charge in [-0.25, -0.2) is 8.78 Å². The summed E-state index contributed by atoms with van der Waals surface area (Å²) in [7, 11) is 0. The number of nitrogens with zero attached hydrogens (tertiary/aromatic N) is 3. The number of hydrogen-bond acceptors (Lipinski definition) is 6. The normalized spacial score (nSPS) is 20.7. The van der Waals surface area contributed by atoms with E-state index >= 15 is 0 Å². The van der Waals surface area contributed by atoms with E-state index in [9.17, 15) is 18.4 Å². The first-order valence-corrected chi connectivity index (χ1v) is 10.8. The van der Waals surface area contributed by atoms with Gasteiger partial charge in [0.05, 0.1) is 31.4 Å². The van der Waals surface area contributed by atoms with Gasteiger partial charge in [0.2, 0.25) is 5.91 Å². The van der Waals surface area contributed by atoms with Gasteiger partial charge in [0.1, 0.15) is 17.9 Å². The van der Waals surface area contributed by atoms with Crippen LogP contribution in [0, 0.1) is 11.3 Å². The molecule has 0 radical (unpaired) electrons. The lowest BCUT2D eigenvalue weighted by Gasteiger charge is -2.25. The SMILES string of the molecule is N#CC1CC(F)(F)CN1C(=O)CNC(=O)c1ccncc1/C=C/C1CNc2cc(Cl)ccc2O1. The van der Waals surface area contributed by atoms with E-state index in [-0.39, 0.29) is 11.7 Å². The van der Waals surface area contributed by atoms with Crippen molar-refractivity contribution in [3.8, 4) is 11.8 Å². The predicted octanol–water partition coefficient (Wildman–Crippen LogP) is 3.11. The maximum Gasteiger partial charge on any atom is 0.268 e. The molecule has 176 valence electrons. The van der Waals surface area contributed by atoms with E-state index in [0.717, 1.165) is 10.6 Å². The summed E-state index contributed by atoms with van der Waals surface area (Å²) in [5.41, 5.74) is 1.52. The van der Waals surface area contributed by atoms with Crippen molar-refractivity contribution in [2.75, 3.05) is 25.0 Å². The van der Waals surface area contributed by atoms with Crippen molar-refractivity contribution in [2.24, 2.45) is 0 Å². The van der Waals surface area contributed by atoms with Crippen LogP contribution < -0.4 is 15.4 Å². The molecule has 0 spiro atoms. The summed E-state index contributed by atoms with van der Waals surface area (Å²) in [6.07, 6.45) is 5.35. The van der Waals surface area contributed by atoms with Crippen LogP contribution in [-0.2, 0) is 4.79 Å². The van der Waals surface area contributed by atoms with E-state index < -0.39 is 43.3 Å². The highest BCUT2D eigenvalue weighted by atomic mass is 35.5. The van der Waals surface area contributed by atoms with Gasteiger partial charge in [-0.1, -0.05) is 17.7 Å². The van der Waals surface area contributed by atoms with Gasteiger partial charge in [0.25, 0.3) is 11.8 Å². The first-order valence-electron chi connectivity index (χ1n) is 10.4. The number of alkyl halides is 2. The summed E-state index contributed by atoms with van der Waals surface area (Å²) < 4.78 is 33.1. The number of aromatic nitrogens is 1. The molecule has 0 aliphatic carbocycles. The fourth-order valence-corrected chi connectivity index (χ4v) is 3.94. The summed E-state index contributed by atoms with van der Waals surface area (Å²) in [5, 5.41) is 15.3. The van der Waals surface area contributed by atoms with Crippen LogP contribution in [0.25, 0.3) is 6.08 Å². The minimum Gasteiger partial charge on any atom is -0.482 e. The molecule has 2 unspecified atom stereocenters. The van der Waals surface area contributed by atoms with E-state index in [2.05, 4.69) is 15.6 Å². The Labute approximate surface area is 199 Å². The van der Waals surface area contributed by atoms with Crippen LogP contribution >= 0.6 is 11.6 Å². The molecule has 2 aliphatic rings. The Bertz CT molecular complexity index is 1180. The van der Waals surface area contributed by atoms with Gasteiger partial charge in [-0.2, -0.15) is 5.26 Å². The molecule has 2 amide bonds. The second kappa shape index (κ2) is 9.65. The fraction of sp³-hybridized carbons (Fsp3) is 0.304. The van der Waals surface area contributed by atoms with Gasteiger partial charge >= 0.3 is 0 Å². The van der Waals surface area contributed by atoms with Crippen molar-refractivity contribution in [3.63, 3.8) is 0 Å². The molecule has 0 saturated carbocycles. The number of benzene rings is 1. The lowest BCUT2D eigenvalue weighted by Crippen LogP contribution is -2.43. The highest BCUT2D eigenvalue weighted by Crippen LogP contribution is 2.32. The van der Waals surface area contributed by atoms with E-state index in [1.807, 2.05) is 0 Å². The summed E-state index contributed by atoms with van der Waals surface area (Å²) in [6, 6.07) is 7.23. The Balaban J connectivity index is 1.39. The molecule has 3 heterocycles. The highest BCUT2D eigenvalue weighted by Gasteiger charge is 2.47. The molecule has 4 rings (SSSR count). The summed E-state index contributed by atoms with van der Waals surface area (Å²) >= 11 is 5.98. The first kappa shape index (κ1) is 23.4. The third-order valence-electron chi connectivity index (χ3n) is 5.44. The number of fused-ring (bicyclic) bond motifs is 1. The average Bonchev–Trinajstić information content (AvgIpc) is 3.15. The maximum atomic E-state index is 13.6. The molecular formula is C23H20ClF2N5O3. The molecule has 1 saturated heterocycles. The number of ether oxygens (including phenoxy) is 1. The summed E-state index contributed by atoms with van der Waals surface area (Å²) in [5.74, 6) is -3.79. The molecule has 0 bridgehead atoms. The number of rotatable bonds is 5. The van der Waals surface area contributed by atoms with Crippen LogP contribution in [0.15, 0.2) is 42.7 Å². The van der Waals surface area contributed by atoms with E-state index in [1.165, 1.54) is 18.5 Å². The number of nitriles is 1. The van der Waals surface area contributed by atoms with Crippen LogP contribution in [0.1, 0.15) is 22.3 Å². The average molecular weight is 488 g/mol. The fourth-order valence-electron chi connectivity index (χ4n) is 3.77. The first-order chi connectivity index (χ1) is 16.3. The van der Waals surface area contributed by atoms with Gasteiger partial charge in [0.15, 0.2) is 0 Å². The van der Waals surface area contributed by atoms with Crippen molar-refractivity contribution in [1.82, 2.24) is 15.2 Å². The molecular weight excluding hydrogens is 468 g/mol. The number of nitrogens with one attached hydrogen (secondary N) is 2. The van der Waals surface area contributed by atoms with Gasteiger partial charge in [0, 0.05) is 35.0 Å². The van der Waals surface area contributed by atoms with Crippen molar-refractivity contribution < 1.29 is 23.1 Å². The molecule has 1 fully saturated rings. The topological polar surface area (TPSA) is 107 Å². The Morgan fingerprint density at radius 2 is 2.24 bits per heavy atom. The number of halogens is 3. The zero-order valence-corrected chi connectivity index (χ0v) is 18.6. The van der Waals surface area contributed by atoms with Crippen LogP contribution in [-0.4, -0.2) is 59.4 Å². The van der Waals surface area contributed by atoms with Crippen LogP contribution in [0.5, 0.6) is 5.75 Å². The van der Waals surface area contributed by atoms with Gasteiger partial charge in [-0.15, -0.1) is 0 Å². The number of likely N-dealkylation sites (tertiary alicyclic amines) is 1. The predicted molar refractivity (Wildman–Crippen MR) is 121 cm³/mol. The maximum absolute atomic E-state index is 13.6. The van der Waals surface area contributed by atoms with Crippen LogP contribution in [0.4, 0.5) is 14.5 Å². The molecule has 2 atom stereocenters. The zero-order valence-electron chi connectivity index (χ0n) is 17.8. The molecule has 2 aliphatic heterocycles. The molecule has 2 N–H and O–H groups in total. The third kappa shape index (κ3) is 5.26. The summed E-state index contributed by atoms with van der Waals surface area (Å²) in [4.78, 5) is 29.9. The Morgan fingerprint density at radius 1 is 1.41 bits per heavy atom. The largest absolute Gasteiger partial charge is 0.482 e. The van der Waals surface area contributed by atoms with Gasteiger partial charge in [-0.05, 0) is 30.3 Å². The van der Waals surface area contributed by atoms with Crippen molar-refractivity contribution >= 4 is 35.2 Å². The number of carbonyl (C=O) groups is 2. The van der Waals surface area contributed by atoms with E-state index in [0.29, 0.717) is 22.9 Å². The summed E-state index contributed by atoms with van der Waals surface area (Å²) in [6.45, 7) is -0.859. The Hall–Kier alpha value is -3.71. The standard InChI is InChI=1S/C23H20ClF2N5O3/c24-15-2-4-20-19(7-15)29-11-17(34-20)3-1-14-10-28-6-5-18(14)22(33)30-12-21(32)31-13-23(25,26)8-16(31)9-27/h1-7,10,16-17,29H,8,11-13H2,(H,30,33)/b3-1+. The number of pyridine rings is 1. The molecule has 1 aromatic carbocycles. The van der Waals surface area contributed by atoms with Crippen molar-refractivity contribution in [1.29, 1.82) is 5.26 Å². The number of carbonyl (C=O) groups excluding carboxylic acids is 2. The van der Waals surface area contributed by atoms with Crippen LogP contribution in [0.2, 0.25) is 5.02 Å². The number of amides is 2. The van der Waals surface area contributed by atoms with E-state index in [1.54, 1.807) is 36.4 Å². The van der Waals surface area contributed by atoms with Gasteiger partial charge in [-0.3, -0.25) is 14.6 Å². The minimum atomic E-state index is -3.12. The second-order valence-electron chi connectivity index (χ2n) is 7.91. The van der Waals surface area contributed by atoms with Crippen molar-refractivity contribution in [3.05, 3.63) is 58.9 Å². The molecule has 34 heavy (non-hydrogen) atoms. The monoisotopic (exact) mass is 487 g/mol. The number of hydrogen-bond donors (Lipinski definition) is 2. The van der Waals surface area contributed by atoms with Crippen molar-refractivity contribution in [2.45, 2.75) is 24.5 Å². The zero-order chi connectivity index (χ0) is 24.3. The lowest BCUT2D eigenvalue weighted by atomic mass is 10.1. The Morgan fingerprint density at radius 3 is 3.03 bits per heavy atom. The molecule has 11 heteroatoms. The third-order valence-corrected chi connectivity index (χ3v) is 5.68. The highest BCUT2D eigenvalue weighted by molar-refractivity contribution is 6.30. The van der Waals surface area contributed by atoms with E-state index in [4.69, 9.17) is 21.6 Å². The molecule has 1 aromatic heterocycles. The molecule has 2 aromatic rings. The van der Waals surface area contributed by atoms with Crippen LogP contribution in [0.3, 0.4) is 0 Å². The number of anilines is 1.